The number of rotatable bonds is 10. The van der Waals surface area contributed by atoms with Crippen molar-refractivity contribution >= 4 is 27.5 Å². The Morgan fingerprint density at radius 3 is 2.31 bits per heavy atom. The molecule has 0 atom stereocenters. The van der Waals surface area contributed by atoms with Crippen molar-refractivity contribution in [1.82, 2.24) is 10.0 Å². The highest BCUT2D eigenvalue weighted by molar-refractivity contribution is 7.90. The maximum absolute atomic E-state index is 12.3. The third-order valence-corrected chi connectivity index (χ3v) is 6.97. The van der Waals surface area contributed by atoms with Crippen molar-refractivity contribution in [3.63, 3.8) is 0 Å². The highest BCUT2D eigenvalue weighted by Gasteiger charge is 2.17. The van der Waals surface area contributed by atoms with Crippen molar-refractivity contribution in [3.8, 4) is 0 Å². The molecule has 0 aliphatic heterocycles. The largest absolute Gasteiger partial charge is 0.349 e. The Balaban J connectivity index is 1.69. The molecule has 1 aliphatic carbocycles. The minimum atomic E-state index is -3.25. The summed E-state index contributed by atoms with van der Waals surface area (Å²) in [4.78, 5) is 24.3. The second kappa shape index (κ2) is 11.3. The molecule has 29 heavy (non-hydrogen) atoms. The average molecular weight is 424 g/mol. The van der Waals surface area contributed by atoms with Crippen LogP contribution in [0.25, 0.3) is 0 Å². The van der Waals surface area contributed by atoms with Crippen molar-refractivity contribution in [2.75, 3.05) is 11.9 Å². The molecule has 0 bridgehead atoms. The van der Waals surface area contributed by atoms with Crippen molar-refractivity contribution in [2.24, 2.45) is 0 Å². The third kappa shape index (κ3) is 8.14. The van der Waals surface area contributed by atoms with Crippen molar-refractivity contribution < 1.29 is 18.0 Å². The lowest BCUT2D eigenvalue weighted by Gasteiger charge is -2.22. The van der Waals surface area contributed by atoms with E-state index in [-0.39, 0.29) is 17.9 Å². The van der Waals surface area contributed by atoms with Gasteiger partial charge in [-0.3, -0.25) is 9.59 Å². The zero-order chi connectivity index (χ0) is 21.3. The van der Waals surface area contributed by atoms with Crippen LogP contribution in [0.2, 0.25) is 0 Å². The summed E-state index contributed by atoms with van der Waals surface area (Å²) in [6.45, 7) is 3.58. The lowest BCUT2D eigenvalue weighted by Crippen LogP contribution is -2.36. The summed E-state index contributed by atoms with van der Waals surface area (Å²) in [5.74, 6) is -0.199. The quantitative estimate of drug-likeness (QED) is 0.503. The molecule has 0 heterocycles. The number of sulfonamides is 1. The van der Waals surface area contributed by atoms with E-state index in [4.69, 9.17) is 0 Å². The normalized spacial score (nSPS) is 15.3. The van der Waals surface area contributed by atoms with E-state index < -0.39 is 15.3 Å². The Labute approximate surface area is 174 Å². The number of unbranched alkanes of at least 4 members (excludes halogenated alkanes) is 1. The molecule has 8 heteroatoms. The molecule has 3 N–H and O–H groups in total. The maximum Gasteiger partial charge on any atom is 0.251 e. The monoisotopic (exact) mass is 423 g/mol. The minimum Gasteiger partial charge on any atom is -0.349 e. The van der Waals surface area contributed by atoms with Gasteiger partial charge in [-0.05, 0) is 63.8 Å². The Bertz CT molecular complexity index is 770. The van der Waals surface area contributed by atoms with Gasteiger partial charge in [0.15, 0.2) is 0 Å². The van der Waals surface area contributed by atoms with Gasteiger partial charge in [0.2, 0.25) is 15.9 Å². The summed E-state index contributed by atoms with van der Waals surface area (Å²) in [7, 11) is -3.25. The first-order chi connectivity index (χ1) is 13.8. The number of anilines is 1. The summed E-state index contributed by atoms with van der Waals surface area (Å²) in [5.41, 5.74) is 1.23. The van der Waals surface area contributed by atoms with Gasteiger partial charge in [-0.2, -0.15) is 0 Å². The van der Waals surface area contributed by atoms with Gasteiger partial charge < -0.3 is 10.6 Å². The van der Waals surface area contributed by atoms with Gasteiger partial charge in [0.05, 0.1) is 5.25 Å². The van der Waals surface area contributed by atoms with Crippen LogP contribution in [0.4, 0.5) is 5.69 Å². The van der Waals surface area contributed by atoms with Gasteiger partial charge in [0, 0.05) is 30.3 Å². The maximum atomic E-state index is 12.3. The van der Waals surface area contributed by atoms with Crippen LogP contribution < -0.4 is 15.4 Å². The van der Waals surface area contributed by atoms with E-state index in [1.807, 2.05) is 0 Å². The second-order valence-electron chi connectivity index (χ2n) is 7.88. The molecule has 2 rings (SSSR count). The standard InChI is InChI=1S/C21H33N3O4S/c1-16(2)29(27,28)22-15-7-6-10-20(25)23-19-13-11-17(12-14-19)21(26)24-18-8-4-3-5-9-18/h11-14,16,18,22H,3-10,15H2,1-2H3,(H,23,25)(H,24,26). The highest BCUT2D eigenvalue weighted by Crippen LogP contribution is 2.18. The van der Waals surface area contributed by atoms with E-state index >= 15 is 0 Å². The van der Waals surface area contributed by atoms with E-state index in [2.05, 4.69) is 15.4 Å². The molecule has 162 valence electrons. The zero-order valence-corrected chi connectivity index (χ0v) is 18.2. The molecule has 1 aromatic rings. The van der Waals surface area contributed by atoms with Crippen molar-refractivity contribution in [1.29, 1.82) is 0 Å². The molecule has 1 saturated carbocycles. The summed E-state index contributed by atoms with van der Waals surface area (Å²) >= 11 is 0. The number of carbonyl (C=O) groups excluding carboxylic acids is 2. The first kappa shape index (κ1) is 23.3. The fourth-order valence-corrected chi connectivity index (χ4v) is 4.00. The van der Waals surface area contributed by atoms with Crippen molar-refractivity contribution in [3.05, 3.63) is 29.8 Å². The van der Waals surface area contributed by atoms with Crippen LogP contribution in [0.1, 0.15) is 75.6 Å². The van der Waals surface area contributed by atoms with Crippen LogP contribution in [0.15, 0.2) is 24.3 Å². The number of amides is 2. The number of benzene rings is 1. The SMILES string of the molecule is CC(C)S(=O)(=O)NCCCCC(=O)Nc1ccc(C(=O)NC2CCCCC2)cc1. The summed E-state index contributed by atoms with van der Waals surface area (Å²) < 4.78 is 25.8. The van der Waals surface area contributed by atoms with E-state index in [0.29, 0.717) is 37.1 Å². The smallest absolute Gasteiger partial charge is 0.251 e. The topological polar surface area (TPSA) is 104 Å². The summed E-state index contributed by atoms with van der Waals surface area (Å²) in [6, 6.07) is 7.15. The molecule has 7 nitrogen and oxygen atoms in total. The van der Waals surface area contributed by atoms with Gasteiger partial charge in [0.25, 0.3) is 5.91 Å². The fraction of sp³-hybridized carbons (Fsp3) is 0.619. The lowest BCUT2D eigenvalue weighted by molar-refractivity contribution is -0.116. The van der Waals surface area contributed by atoms with E-state index in [1.165, 1.54) is 19.3 Å². The lowest BCUT2D eigenvalue weighted by atomic mass is 9.95. The molecular weight excluding hydrogens is 390 g/mol. The second-order valence-corrected chi connectivity index (χ2v) is 10.2. The predicted molar refractivity (Wildman–Crippen MR) is 115 cm³/mol. The molecule has 0 aromatic heterocycles. The van der Waals surface area contributed by atoms with Crippen LogP contribution in [0.5, 0.6) is 0 Å². The molecule has 0 unspecified atom stereocenters. The fourth-order valence-electron chi connectivity index (χ4n) is 3.24. The number of hydrogen-bond donors (Lipinski definition) is 3. The Kier molecular flexibility index (Phi) is 9.10. The molecule has 1 aliphatic rings. The van der Waals surface area contributed by atoms with Crippen LogP contribution in [0.3, 0.4) is 0 Å². The van der Waals surface area contributed by atoms with Gasteiger partial charge in [-0.15, -0.1) is 0 Å². The van der Waals surface area contributed by atoms with Crippen LogP contribution in [-0.2, 0) is 14.8 Å². The molecule has 2 amide bonds. The number of nitrogens with one attached hydrogen (secondary N) is 3. The van der Waals surface area contributed by atoms with Crippen LogP contribution in [-0.4, -0.2) is 38.1 Å². The average Bonchev–Trinajstić information content (AvgIpc) is 2.68. The zero-order valence-electron chi connectivity index (χ0n) is 17.4. The van der Waals surface area contributed by atoms with Gasteiger partial charge >= 0.3 is 0 Å². The Hall–Kier alpha value is -1.93. The predicted octanol–water partition coefficient (Wildman–Crippen LogP) is 3.19. The molecule has 0 spiro atoms. The first-order valence-electron chi connectivity index (χ1n) is 10.5. The van der Waals surface area contributed by atoms with Crippen LogP contribution in [0, 0.1) is 0 Å². The molecule has 1 aromatic carbocycles. The number of carbonyl (C=O) groups is 2. The summed E-state index contributed by atoms with van der Waals surface area (Å²) in [5, 5.41) is 5.42. The van der Waals surface area contributed by atoms with E-state index in [1.54, 1.807) is 38.1 Å². The van der Waals surface area contributed by atoms with E-state index in [9.17, 15) is 18.0 Å². The van der Waals surface area contributed by atoms with Crippen molar-refractivity contribution in [2.45, 2.75) is 76.5 Å². The minimum absolute atomic E-state index is 0.0707. The van der Waals surface area contributed by atoms with E-state index in [0.717, 1.165) is 12.8 Å². The Morgan fingerprint density at radius 2 is 1.69 bits per heavy atom. The number of hydrogen-bond acceptors (Lipinski definition) is 4. The highest BCUT2D eigenvalue weighted by atomic mass is 32.2. The molecular formula is C21H33N3O4S. The first-order valence-corrected chi connectivity index (χ1v) is 12.0. The van der Waals surface area contributed by atoms with Gasteiger partial charge in [0.1, 0.15) is 0 Å². The molecule has 0 saturated heterocycles. The summed E-state index contributed by atoms with van der Waals surface area (Å²) in [6.07, 6.45) is 7.16. The third-order valence-electron chi connectivity index (χ3n) is 5.13. The molecule has 0 radical (unpaired) electrons. The Morgan fingerprint density at radius 1 is 1.03 bits per heavy atom. The molecule has 1 fully saturated rings. The van der Waals surface area contributed by atoms with Crippen LogP contribution >= 0.6 is 0 Å². The van der Waals surface area contributed by atoms with Gasteiger partial charge in [-0.25, -0.2) is 13.1 Å². The van der Waals surface area contributed by atoms with Gasteiger partial charge in [-0.1, -0.05) is 19.3 Å².